The van der Waals surface area contributed by atoms with Crippen molar-refractivity contribution in [2.24, 2.45) is 11.8 Å². The molecule has 2 nitrogen and oxygen atoms in total. The van der Waals surface area contributed by atoms with Crippen LogP contribution in [0.2, 0.25) is 10.0 Å². The molecular weight excluding hydrogens is 271 g/mol. The molecule has 0 amide bonds. The molecule has 1 N–H and O–H groups in total. The lowest BCUT2D eigenvalue weighted by Crippen LogP contribution is -2.24. The molecule has 0 spiro atoms. The van der Waals surface area contributed by atoms with Gasteiger partial charge in [0.25, 0.3) is 0 Å². The molecule has 0 bridgehead atoms. The standard InChI is InChI=1S/C14H16Cl2O2/c15-12-7-3-6-10(13(12)16)8-11(14(17)18)9-4-1-2-5-9/h3,6-7,9,11H,1-2,4-5,8H2,(H,17,18). The molecule has 2 rings (SSSR count). The van der Waals surface area contributed by atoms with Crippen LogP contribution < -0.4 is 0 Å². The van der Waals surface area contributed by atoms with Crippen LogP contribution in [0.4, 0.5) is 0 Å². The number of rotatable bonds is 4. The fourth-order valence-electron chi connectivity index (χ4n) is 2.76. The molecular formula is C14H16Cl2O2. The van der Waals surface area contributed by atoms with Crippen LogP contribution in [0.5, 0.6) is 0 Å². The second-order valence-electron chi connectivity index (χ2n) is 4.91. The summed E-state index contributed by atoms with van der Waals surface area (Å²) in [5.74, 6) is -0.793. The van der Waals surface area contributed by atoms with Gasteiger partial charge in [-0.05, 0) is 36.8 Å². The van der Waals surface area contributed by atoms with Crippen LogP contribution in [0.3, 0.4) is 0 Å². The normalized spacial score (nSPS) is 17.9. The maximum Gasteiger partial charge on any atom is 0.307 e. The third kappa shape index (κ3) is 2.99. The highest BCUT2D eigenvalue weighted by Crippen LogP contribution is 2.35. The Labute approximate surface area is 117 Å². The Morgan fingerprint density at radius 2 is 2.00 bits per heavy atom. The van der Waals surface area contributed by atoms with Gasteiger partial charge in [-0.15, -0.1) is 0 Å². The number of hydrogen-bond acceptors (Lipinski definition) is 1. The van der Waals surface area contributed by atoms with Crippen molar-refractivity contribution < 1.29 is 9.90 Å². The van der Waals surface area contributed by atoms with E-state index in [0.717, 1.165) is 31.2 Å². The minimum atomic E-state index is -0.724. The van der Waals surface area contributed by atoms with E-state index in [1.165, 1.54) is 0 Å². The molecule has 0 heterocycles. The predicted octanol–water partition coefficient (Wildman–Crippen LogP) is 4.43. The van der Waals surface area contributed by atoms with Crippen molar-refractivity contribution in [2.75, 3.05) is 0 Å². The summed E-state index contributed by atoms with van der Waals surface area (Å²) in [6, 6.07) is 5.40. The number of hydrogen-bond donors (Lipinski definition) is 1. The van der Waals surface area contributed by atoms with Gasteiger partial charge in [0.2, 0.25) is 0 Å². The number of halogens is 2. The van der Waals surface area contributed by atoms with Gasteiger partial charge in [0.15, 0.2) is 0 Å². The molecule has 98 valence electrons. The summed E-state index contributed by atoms with van der Waals surface area (Å²) in [5.41, 5.74) is 0.837. The van der Waals surface area contributed by atoms with Crippen LogP contribution in [0.25, 0.3) is 0 Å². The second-order valence-corrected chi connectivity index (χ2v) is 5.69. The molecule has 1 aromatic rings. The predicted molar refractivity (Wildman–Crippen MR) is 73.2 cm³/mol. The molecule has 1 unspecified atom stereocenters. The highest BCUT2D eigenvalue weighted by Gasteiger charge is 2.31. The summed E-state index contributed by atoms with van der Waals surface area (Å²) in [5, 5.41) is 10.4. The van der Waals surface area contributed by atoms with E-state index in [-0.39, 0.29) is 11.8 Å². The minimum absolute atomic E-state index is 0.276. The number of aliphatic carboxylic acids is 1. The number of carbonyl (C=O) groups is 1. The van der Waals surface area contributed by atoms with E-state index in [2.05, 4.69) is 0 Å². The smallest absolute Gasteiger partial charge is 0.307 e. The van der Waals surface area contributed by atoms with Gasteiger partial charge in [-0.25, -0.2) is 0 Å². The Morgan fingerprint density at radius 1 is 1.33 bits per heavy atom. The van der Waals surface area contributed by atoms with Gasteiger partial charge in [-0.1, -0.05) is 48.2 Å². The van der Waals surface area contributed by atoms with Crippen LogP contribution in [-0.4, -0.2) is 11.1 Å². The molecule has 1 fully saturated rings. The fourth-order valence-corrected chi connectivity index (χ4v) is 3.16. The van der Waals surface area contributed by atoms with Crippen molar-refractivity contribution >= 4 is 29.2 Å². The van der Waals surface area contributed by atoms with Crippen LogP contribution in [0, 0.1) is 11.8 Å². The lowest BCUT2D eigenvalue weighted by Gasteiger charge is -2.19. The number of carboxylic acid groups (broad SMARTS) is 1. The van der Waals surface area contributed by atoms with E-state index in [9.17, 15) is 9.90 Å². The van der Waals surface area contributed by atoms with Gasteiger partial charge in [-0.2, -0.15) is 0 Å². The van der Waals surface area contributed by atoms with Gasteiger partial charge in [0.05, 0.1) is 16.0 Å². The van der Waals surface area contributed by atoms with Crippen molar-refractivity contribution in [3.05, 3.63) is 33.8 Å². The van der Waals surface area contributed by atoms with E-state index in [1.807, 2.05) is 12.1 Å². The summed E-state index contributed by atoms with van der Waals surface area (Å²) >= 11 is 12.1. The molecule has 0 radical (unpaired) electrons. The van der Waals surface area contributed by atoms with Crippen molar-refractivity contribution in [3.63, 3.8) is 0 Å². The average molecular weight is 287 g/mol. The first kappa shape index (κ1) is 13.7. The zero-order chi connectivity index (χ0) is 13.1. The SMILES string of the molecule is O=C(O)C(Cc1cccc(Cl)c1Cl)C1CCCC1. The lowest BCUT2D eigenvalue weighted by atomic mass is 9.86. The Bertz CT molecular complexity index is 439. The van der Waals surface area contributed by atoms with E-state index in [1.54, 1.807) is 6.07 Å². The summed E-state index contributed by atoms with van der Waals surface area (Å²) in [7, 11) is 0. The molecule has 18 heavy (non-hydrogen) atoms. The maximum atomic E-state index is 11.4. The molecule has 1 saturated carbocycles. The third-order valence-electron chi connectivity index (χ3n) is 3.76. The fraction of sp³-hybridized carbons (Fsp3) is 0.500. The van der Waals surface area contributed by atoms with Crippen molar-refractivity contribution in [2.45, 2.75) is 32.1 Å². The summed E-state index contributed by atoms with van der Waals surface area (Å²) < 4.78 is 0. The van der Waals surface area contributed by atoms with Crippen molar-refractivity contribution in [1.29, 1.82) is 0 Å². The summed E-state index contributed by atoms with van der Waals surface area (Å²) in [4.78, 5) is 11.4. The first-order chi connectivity index (χ1) is 8.59. The Kier molecular flexibility index (Phi) is 4.52. The first-order valence-electron chi connectivity index (χ1n) is 6.25. The van der Waals surface area contributed by atoms with Gasteiger partial charge >= 0.3 is 5.97 Å². The van der Waals surface area contributed by atoms with Crippen LogP contribution in [0.1, 0.15) is 31.2 Å². The highest BCUT2D eigenvalue weighted by molar-refractivity contribution is 6.42. The maximum absolute atomic E-state index is 11.4. The van der Waals surface area contributed by atoms with Crippen LogP contribution >= 0.6 is 23.2 Å². The third-order valence-corrected chi connectivity index (χ3v) is 4.62. The van der Waals surface area contributed by atoms with Crippen LogP contribution in [-0.2, 0) is 11.2 Å². The lowest BCUT2D eigenvalue weighted by molar-refractivity contribution is -0.143. The van der Waals surface area contributed by atoms with E-state index < -0.39 is 5.97 Å². The highest BCUT2D eigenvalue weighted by atomic mass is 35.5. The molecule has 0 aromatic heterocycles. The van der Waals surface area contributed by atoms with Gasteiger partial charge in [-0.3, -0.25) is 4.79 Å². The number of carboxylic acids is 1. The molecule has 0 aliphatic heterocycles. The Balaban J connectivity index is 2.18. The zero-order valence-electron chi connectivity index (χ0n) is 10.0. The Morgan fingerprint density at radius 3 is 2.61 bits per heavy atom. The molecule has 1 aliphatic carbocycles. The quantitative estimate of drug-likeness (QED) is 0.889. The van der Waals surface area contributed by atoms with E-state index in [4.69, 9.17) is 23.2 Å². The first-order valence-corrected chi connectivity index (χ1v) is 7.01. The topological polar surface area (TPSA) is 37.3 Å². The van der Waals surface area contributed by atoms with Crippen molar-refractivity contribution in [3.8, 4) is 0 Å². The molecule has 1 aromatic carbocycles. The summed E-state index contributed by atoms with van der Waals surface area (Å²) in [6.45, 7) is 0. The van der Waals surface area contributed by atoms with E-state index in [0.29, 0.717) is 16.5 Å². The van der Waals surface area contributed by atoms with E-state index >= 15 is 0 Å². The zero-order valence-corrected chi connectivity index (χ0v) is 11.5. The average Bonchev–Trinajstić information content (AvgIpc) is 2.84. The summed E-state index contributed by atoms with van der Waals surface area (Å²) in [6.07, 6.45) is 4.76. The number of benzene rings is 1. The van der Waals surface area contributed by atoms with Crippen molar-refractivity contribution in [1.82, 2.24) is 0 Å². The van der Waals surface area contributed by atoms with Crippen LogP contribution in [0.15, 0.2) is 18.2 Å². The van der Waals surface area contributed by atoms with Gasteiger partial charge < -0.3 is 5.11 Å². The largest absolute Gasteiger partial charge is 0.481 e. The monoisotopic (exact) mass is 286 g/mol. The minimum Gasteiger partial charge on any atom is -0.481 e. The molecule has 1 aliphatic rings. The molecule has 1 atom stereocenters. The molecule has 0 saturated heterocycles. The molecule has 4 heteroatoms. The van der Waals surface area contributed by atoms with Gasteiger partial charge in [0, 0.05) is 0 Å². The Hall–Kier alpha value is -0.730. The van der Waals surface area contributed by atoms with Gasteiger partial charge in [0.1, 0.15) is 0 Å². The second kappa shape index (κ2) is 5.94.